The topological polar surface area (TPSA) is 76.1 Å². The van der Waals surface area contributed by atoms with E-state index in [9.17, 15) is 4.79 Å². The van der Waals surface area contributed by atoms with Crippen LogP contribution in [0, 0.1) is 0 Å². The number of aromatic nitrogens is 2. The third kappa shape index (κ3) is 5.12. The highest BCUT2D eigenvalue weighted by Crippen LogP contribution is 2.32. The van der Waals surface area contributed by atoms with Gasteiger partial charge in [0.05, 0.1) is 10.0 Å². The summed E-state index contributed by atoms with van der Waals surface area (Å²) in [5.41, 5.74) is -0.695. The second-order valence-electron chi connectivity index (χ2n) is 6.69. The molecule has 0 aliphatic heterocycles. The van der Waals surface area contributed by atoms with Crippen LogP contribution in [-0.2, 0) is 4.74 Å². The molecule has 0 spiro atoms. The van der Waals surface area contributed by atoms with Crippen LogP contribution in [0.2, 0.25) is 0 Å². The lowest BCUT2D eigenvalue weighted by Gasteiger charge is -2.31. The van der Waals surface area contributed by atoms with Gasteiger partial charge >= 0.3 is 6.09 Å². The molecule has 0 bridgehead atoms. The Hall–Kier alpha value is -1.37. The number of nitrogens with zero attached hydrogens (tertiary/aromatic N) is 2. The molecule has 1 heterocycles. The van der Waals surface area contributed by atoms with Gasteiger partial charge in [-0.3, -0.25) is 0 Å². The van der Waals surface area contributed by atoms with Crippen molar-refractivity contribution in [2.45, 2.75) is 57.6 Å². The van der Waals surface area contributed by atoms with Crippen molar-refractivity contribution in [3.8, 4) is 0 Å². The molecular weight excluding hydrogens is 348 g/mol. The molecule has 1 aliphatic rings. The molecule has 1 amide bonds. The Balaban J connectivity index is 1.96. The predicted octanol–water partition coefficient (Wildman–Crippen LogP) is 3.49. The minimum atomic E-state index is -0.491. The number of anilines is 1. The molecular formula is C15H23BrN4O2. The third-order valence-corrected chi connectivity index (χ3v) is 3.94. The van der Waals surface area contributed by atoms with Gasteiger partial charge in [0, 0.05) is 18.9 Å². The summed E-state index contributed by atoms with van der Waals surface area (Å²) in [5, 5.41) is 6.25. The minimum Gasteiger partial charge on any atom is -0.444 e. The fraction of sp³-hybridized carbons (Fsp3) is 0.667. The molecule has 122 valence electrons. The number of carbonyl (C=O) groups excluding carboxylic acids is 1. The average Bonchev–Trinajstić information content (AvgIpc) is 2.86. The fourth-order valence-electron chi connectivity index (χ4n) is 2.57. The van der Waals surface area contributed by atoms with E-state index in [0.717, 1.165) is 30.2 Å². The molecule has 0 saturated heterocycles. The maximum atomic E-state index is 11.9. The highest BCUT2D eigenvalue weighted by atomic mass is 79.9. The van der Waals surface area contributed by atoms with Crippen molar-refractivity contribution >= 4 is 28.0 Å². The maximum Gasteiger partial charge on any atom is 0.407 e. The monoisotopic (exact) mass is 370 g/mol. The van der Waals surface area contributed by atoms with Crippen molar-refractivity contribution in [2.24, 2.45) is 0 Å². The van der Waals surface area contributed by atoms with Gasteiger partial charge in [-0.2, -0.15) is 0 Å². The number of amides is 1. The Morgan fingerprint density at radius 3 is 2.45 bits per heavy atom. The number of alkyl carbamates (subject to hydrolysis) is 1. The van der Waals surface area contributed by atoms with Crippen LogP contribution in [0.3, 0.4) is 0 Å². The van der Waals surface area contributed by atoms with Crippen LogP contribution >= 0.6 is 15.9 Å². The van der Waals surface area contributed by atoms with Crippen LogP contribution in [0.5, 0.6) is 0 Å². The van der Waals surface area contributed by atoms with Gasteiger partial charge in [0.25, 0.3) is 0 Å². The number of carbonyl (C=O) groups is 1. The predicted molar refractivity (Wildman–Crippen MR) is 88.8 cm³/mol. The largest absolute Gasteiger partial charge is 0.444 e. The van der Waals surface area contributed by atoms with Crippen molar-refractivity contribution in [1.29, 1.82) is 0 Å². The first-order valence-electron chi connectivity index (χ1n) is 7.51. The van der Waals surface area contributed by atoms with Crippen LogP contribution in [0.1, 0.15) is 46.5 Å². The summed E-state index contributed by atoms with van der Waals surface area (Å²) in [5.74, 6) is 0.580. The van der Waals surface area contributed by atoms with E-state index in [1.807, 2.05) is 20.8 Å². The highest BCUT2D eigenvalue weighted by Gasteiger charge is 2.35. The van der Waals surface area contributed by atoms with Crippen molar-refractivity contribution < 1.29 is 9.53 Å². The van der Waals surface area contributed by atoms with E-state index in [-0.39, 0.29) is 5.54 Å². The van der Waals surface area contributed by atoms with Gasteiger partial charge in [-0.25, -0.2) is 14.8 Å². The Kier molecular flexibility index (Phi) is 5.26. The molecule has 22 heavy (non-hydrogen) atoms. The summed E-state index contributed by atoms with van der Waals surface area (Å²) in [4.78, 5) is 20.4. The molecule has 0 aromatic carbocycles. The molecule has 7 heteroatoms. The molecule has 0 atom stereocenters. The zero-order chi connectivity index (χ0) is 16.2. The number of hydrogen-bond acceptors (Lipinski definition) is 5. The lowest BCUT2D eigenvalue weighted by atomic mass is 9.98. The van der Waals surface area contributed by atoms with Crippen LogP contribution in [0.25, 0.3) is 0 Å². The quantitative estimate of drug-likeness (QED) is 0.848. The lowest BCUT2D eigenvalue weighted by molar-refractivity contribution is 0.0517. The van der Waals surface area contributed by atoms with E-state index >= 15 is 0 Å². The molecule has 0 unspecified atom stereocenters. The maximum absolute atomic E-state index is 11.9. The molecule has 2 rings (SSSR count). The minimum absolute atomic E-state index is 0.204. The van der Waals surface area contributed by atoms with Gasteiger partial charge in [0.2, 0.25) is 5.95 Å². The molecule has 1 aromatic rings. The van der Waals surface area contributed by atoms with Gasteiger partial charge in [-0.15, -0.1) is 0 Å². The summed E-state index contributed by atoms with van der Waals surface area (Å²) in [7, 11) is 0. The van der Waals surface area contributed by atoms with Crippen molar-refractivity contribution in [3.05, 3.63) is 16.9 Å². The number of rotatable bonds is 4. The van der Waals surface area contributed by atoms with Crippen LogP contribution in [0.15, 0.2) is 16.9 Å². The fourth-order valence-corrected chi connectivity index (χ4v) is 2.77. The Labute approximate surface area is 139 Å². The first-order valence-corrected chi connectivity index (χ1v) is 8.30. The SMILES string of the molecule is CC(C)(C)OC(=O)NCC1(Nc2ncc(Br)cn2)CCCC1. The molecule has 2 N–H and O–H groups in total. The van der Waals surface area contributed by atoms with Gasteiger partial charge in [0.1, 0.15) is 5.60 Å². The Morgan fingerprint density at radius 1 is 1.32 bits per heavy atom. The van der Waals surface area contributed by atoms with E-state index < -0.39 is 11.7 Å². The summed E-state index contributed by atoms with van der Waals surface area (Å²) >= 11 is 3.32. The van der Waals surface area contributed by atoms with E-state index in [4.69, 9.17) is 4.74 Å². The number of nitrogens with one attached hydrogen (secondary N) is 2. The zero-order valence-electron chi connectivity index (χ0n) is 13.3. The number of hydrogen-bond donors (Lipinski definition) is 2. The second-order valence-corrected chi connectivity index (χ2v) is 7.61. The third-order valence-electron chi connectivity index (χ3n) is 3.53. The molecule has 0 radical (unpaired) electrons. The summed E-state index contributed by atoms with van der Waals surface area (Å²) in [6.45, 7) is 6.06. The van der Waals surface area contributed by atoms with Gasteiger partial charge in [-0.1, -0.05) is 12.8 Å². The van der Waals surface area contributed by atoms with Crippen molar-refractivity contribution in [3.63, 3.8) is 0 Å². The molecule has 1 aliphatic carbocycles. The Bertz CT molecular complexity index is 507. The number of ether oxygens (including phenoxy) is 1. The van der Waals surface area contributed by atoms with E-state index in [1.54, 1.807) is 12.4 Å². The zero-order valence-corrected chi connectivity index (χ0v) is 14.9. The molecule has 1 fully saturated rings. The summed E-state index contributed by atoms with van der Waals surface area (Å²) in [6.07, 6.45) is 7.22. The molecule has 1 aromatic heterocycles. The number of halogens is 1. The van der Waals surface area contributed by atoms with Gasteiger partial charge in [-0.05, 0) is 49.5 Å². The van der Waals surface area contributed by atoms with Gasteiger partial charge < -0.3 is 15.4 Å². The Morgan fingerprint density at radius 2 is 1.91 bits per heavy atom. The lowest BCUT2D eigenvalue weighted by Crippen LogP contribution is -2.48. The first kappa shape index (κ1) is 17.0. The second kappa shape index (κ2) is 6.81. The van der Waals surface area contributed by atoms with E-state index in [2.05, 4.69) is 36.5 Å². The van der Waals surface area contributed by atoms with E-state index in [1.165, 1.54) is 0 Å². The normalized spacial score (nSPS) is 17.1. The molecule has 6 nitrogen and oxygen atoms in total. The van der Waals surface area contributed by atoms with Crippen LogP contribution in [-0.4, -0.2) is 33.7 Å². The average molecular weight is 371 g/mol. The van der Waals surface area contributed by atoms with Crippen LogP contribution in [0.4, 0.5) is 10.7 Å². The van der Waals surface area contributed by atoms with Crippen LogP contribution < -0.4 is 10.6 Å². The smallest absolute Gasteiger partial charge is 0.407 e. The highest BCUT2D eigenvalue weighted by molar-refractivity contribution is 9.10. The van der Waals surface area contributed by atoms with Crippen molar-refractivity contribution in [2.75, 3.05) is 11.9 Å². The van der Waals surface area contributed by atoms with E-state index in [0.29, 0.717) is 12.5 Å². The van der Waals surface area contributed by atoms with Gasteiger partial charge in [0.15, 0.2) is 0 Å². The summed E-state index contributed by atoms with van der Waals surface area (Å²) < 4.78 is 6.13. The van der Waals surface area contributed by atoms with Crippen molar-refractivity contribution in [1.82, 2.24) is 15.3 Å². The molecule has 1 saturated carbocycles. The standard InChI is InChI=1S/C15H23BrN4O2/c1-14(2,3)22-13(21)19-10-15(6-4-5-7-15)20-12-17-8-11(16)9-18-12/h8-9H,4-7,10H2,1-3H3,(H,19,21)(H,17,18,20). The summed E-state index contributed by atoms with van der Waals surface area (Å²) in [6, 6.07) is 0. The first-order chi connectivity index (χ1) is 10.3.